The number of carbonyl (C=O) groups is 5. The SMILES string of the molecule is O=C(O)Nc1nc(C(=O)C(=O)N[C@@H]2C(=O)N[C@@H]2CN2CCOC2=O)cs1. The molecule has 13 heteroatoms. The predicted molar refractivity (Wildman–Crippen MR) is 84.9 cm³/mol. The summed E-state index contributed by atoms with van der Waals surface area (Å²) < 4.78 is 4.78. The van der Waals surface area contributed by atoms with Crippen LogP contribution >= 0.6 is 11.3 Å². The van der Waals surface area contributed by atoms with Crippen molar-refractivity contribution in [3.8, 4) is 0 Å². The fourth-order valence-electron chi connectivity index (χ4n) is 2.44. The molecule has 138 valence electrons. The Kier molecular flexibility index (Phi) is 4.71. The van der Waals surface area contributed by atoms with E-state index < -0.39 is 41.9 Å². The predicted octanol–water partition coefficient (Wildman–Crippen LogP) is -1.15. The molecule has 4 amide bonds. The molecule has 2 atom stereocenters. The molecule has 0 aliphatic carbocycles. The zero-order valence-corrected chi connectivity index (χ0v) is 13.9. The molecule has 2 fully saturated rings. The van der Waals surface area contributed by atoms with E-state index in [1.54, 1.807) is 0 Å². The first-order chi connectivity index (χ1) is 12.3. The van der Waals surface area contributed by atoms with E-state index in [0.717, 1.165) is 11.3 Å². The van der Waals surface area contributed by atoms with Crippen molar-refractivity contribution in [2.24, 2.45) is 0 Å². The fraction of sp³-hybridized carbons (Fsp3) is 0.385. The van der Waals surface area contributed by atoms with Crippen LogP contribution in [0.2, 0.25) is 0 Å². The number of ketones is 1. The average Bonchev–Trinajstić information content (AvgIpc) is 3.20. The number of hydrogen-bond donors (Lipinski definition) is 4. The molecule has 2 aliphatic heterocycles. The molecule has 4 N–H and O–H groups in total. The Morgan fingerprint density at radius 3 is 2.81 bits per heavy atom. The van der Waals surface area contributed by atoms with Crippen LogP contribution in [0.5, 0.6) is 0 Å². The normalized spacial score (nSPS) is 21.5. The third-order valence-electron chi connectivity index (χ3n) is 3.72. The van der Waals surface area contributed by atoms with Crippen LogP contribution in [-0.4, -0.2) is 76.6 Å². The quantitative estimate of drug-likeness (QED) is 0.271. The molecule has 1 aromatic heterocycles. The lowest BCUT2D eigenvalue weighted by Gasteiger charge is -2.38. The van der Waals surface area contributed by atoms with Crippen LogP contribution in [0.15, 0.2) is 5.38 Å². The zero-order chi connectivity index (χ0) is 18.8. The monoisotopic (exact) mass is 383 g/mol. The summed E-state index contributed by atoms with van der Waals surface area (Å²) >= 11 is 0.844. The highest BCUT2D eigenvalue weighted by atomic mass is 32.1. The Bertz CT molecular complexity index is 794. The van der Waals surface area contributed by atoms with Crippen LogP contribution in [0.4, 0.5) is 14.7 Å². The van der Waals surface area contributed by atoms with Crippen LogP contribution in [0.3, 0.4) is 0 Å². The highest BCUT2D eigenvalue weighted by molar-refractivity contribution is 7.14. The van der Waals surface area contributed by atoms with Gasteiger partial charge in [-0.15, -0.1) is 11.3 Å². The number of carbonyl (C=O) groups excluding carboxylic acids is 4. The number of amides is 4. The van der Waals surface area contributed by atoms with Crippen molar-refractivity contribution in [3.05, 3.63) is 11.1 Å². The summed E-state index contributed by atoms with van der Waals surface area (Å²) in [6, 6.07) is -1.50. The Balaban J connectivity index is 1.58. The minimum Gasteiger partial charge on any atom is -0.465 e. The number of ether oxygens (including phenoxy) is 1. The first-order valence-electron chi connectivity index (χ1n) is 7.38. The number of Topliss-reactive ketones (excluding diaryl/α,β-unsaturated/α-hetero) is 1. The molecule has 0 saturated carbocycles. The number of thiazole rings is 1. The summed E-state index contributed by atoms with van der Waals surface area (Å²) in [5.74, 6) is -2.53. The van der Waals surface area contributed by atoms with E-state index in [1.165, 1.54) is 10.3 Å². The van der Waals surface area contributed by atoms with E-state index in [9.17, 15) is 24.0 Å². The van der Waals surface area contributed by atoms with Gasteiger partial charge in [-0.3, -0.25) is 19.7 Å². The van der Waals surface area contributed by atoms with Gasteiger partial charge >= 0.3 is 12.2 Å². The fourth-order valence-corrected chi connectivity index (χ4v) is 3.12. The number of anilines is 1. The zero-order valence-electron chi connectivity index (χ0n) is 13.1. The second kappa shape index (κ2) is 6.95. The van der Waals surface area contributed by atoms with Crippen LogP contribution in [-0.2, 0) is 14.3 Å². The molecular weight excluding hydrogens is 370 g/mol. The summed E-state index contributed by atoms with van der Waals surface area (Å²) in [4.78, 5) is 62.8. The Morgan fingerprint density at radius 2 is 2.19 bits per heavy atom. The Hall–Kier alpha value is -3.22. The minimum absolute atomic E-state index is 0.0551. The van der Waals surface area contributed by atoms with E-state index >= 15 is 0 Å². The number of nitrogens with one attached hydrogen (secondary N) is 3. The van der Waals surface area contributed by atoms with Gasteiger partial charge in [-0.25, -0.2) is 14.6 Å². The van der Waals surface area contributed by atoms with E-state index in [-0.39, 0.29) is 24.0 Å². The van der Waals surface area contributed by atoms with Crippen molar-refractivity contribution < 1.29 is 33.8 Å². The van der Waals surface area contributed by atoms with Gasteiger partial charge in [-0.1, -0.05) is 0 Å². The first kappa shape index (κ1) is 17.6. The third kappa shape index (κ3) is 3.56. The van der Waals surface area contributed by atoms with E-state index in [4.69, 9.17) is 9.84 Å². The average molecular weight is 383 g/mol. The summed E-state index contributed by atoms with van der Waals surface area (Å²) in [5.41, 5.74) is -0.240. The van der Waals surface area contributed by atoms with Gasteiger partial charge in [0.2, 0.25) is 5.91 Å². The number of rotatable bonds is 6. The lowest BCUT2D eigenvalue weighted by Crippen LogP contribution is -2.72. The molecule has 26 heavy (non-hydrogen) atoms. The highest BCUT2D eigenvalue weighted by Gasteiger charge is 2.43. The van der Waals surface area contributed by atoms with Crippen molar-refractivity contribution in [2.75, 3.05) is 25.0 Å². The van der Waals surface area contributed by atoms with Gasteiger partial charge in [0, 0.05) is 11.9 Å². The van der Waals surface area contributed by atoms with Crippen molar-refractivity contribution >= 4 is 46.3 Å². The second-order valence-corrected chi connectivity index (χ2v) is 6.28. The molecule has 0 aromatic carbocycles. The van der Waals surface area contributed by atoms with Gasteiger partial charge in [-0.05, 0) is 0 Å². The molecule has 0 radical (unpaired) electrons. The molecule has 2 saturated heterocycles. The van der Waals surface area contributed by atoms with E-state index in [1.807, 2.05) is 5.32 Å². The number of hydrogen-bond acceptors (Lipinski definition) is 8. The molecule has 0 unspecified atom stereocenters. The lowest BCUT2D eigenvalue weighted by molar-refractivity contribution is -0.135. The molecule has 3 heterocycles. The van der Waals surface area contributed by atoms with Gasteiger partial charge in [-0.2, -0.15) is 0 Å². The van der Waals surface area contributed by atoms with Gasteiger partial charge in [0.05, 0.1) is 12.6 Å². The maximum absolute atomic E-state index is 12.1. The van der Waals surface area contributed by atoms with Gasteiger partial charge in [0.15, 0.2) is 5.13 Å². The molecular formula is C13H13N5O7S. The number of carboxylic acid groups (broad SMARTS) is 1. The van der Waals surface area contributed by atoms with Crippen molar-refractivity contribution in [3.63, 3.8) is 0 Å². The van der Waals surface area contributed by atoms with Gasteiger partial charge < -0.3 is 25.4 Å². The summed E-state index contributed by atoms with van der Waals surface area (Å²) in [5, 5.41) is 16.6. The molecule has 0 bridgehead atoms. The van der Waals surface area contributed by atoms with Gasteiger partial charge in [0.1, 0.15) is 18.3 Å². The minimum atomic E-state index is -1.35. The van der Waals surface area contributed by atoms with Crippen LogP contribution in [0.1, 0.15) is 10.5 Å². The maximum atomic E-state index is 12.1. The summed E-state index contributed by atoms with van der Waals surface area (Å²) in [6.45, 7) is 0.779. The highest BCUT2D eigenvalue weighted by Crippen LogP contribution is 2.16. The van der Waals surface area contributed by atoms with Crippen molar-refractivity contribution in [2.45, 2.75) is 12.1 Å². The van der Waals surface area contributed by atoms with Crippen LogP contribution in [0.25, 0.3) is 0 Å². The van der Waals surface area contributed by atoms with Crippen LogP contribution < -0.4 is 16.0 Å². The number of nitrogens with zero attached hydrogens (tertiary/aromatic N) is 2. The maximum Gasteiger partial charge on any atom is 0.410 e. The second-order valence-electron chi connectivity index (χ2n) is 5.42. The Labute approximate surface area is 149 Å². The lowest BCUT2D eigenvalue weighted by atomic mass is 9.98. The molecule has 2 aliphatic rings. The number of cyclic esters (lactones) is 1. The largest absolute Gasteiger partial charge is 0.465 e. The topological polar surface area (TPSA) is 167 Å². The molecule has 0 spiro atoms. The van der Waals surface area contributed by atoms with Crippen molar-refractivity contribution in [1.29, 1.82) is 0 Å². The smallest absolute Gasteiger partial charge is 0.410 e. The van der Waals surface area contributed by atoms with Gasteiger partial charge in [0.25, 0.3) is 11.7 Å². The first-order valence-corrected chi connectivity index (χ1v) is 8.26. The van der Waals surface area contributed by atoms with Crippen molar-refractivity contribution in [1.82, 2.24) is 20.5 Å². The summed E-state index contributed by atoms with van der Waals surface area (Å²) in [6.07, 6.45) is -1.86. The van der Waals surface area contributed by atoms with E-state index in [0.29, 0.717) is 6.54 Å². The third-order valence-corrected chi connectivity index (χ3v) is 4.48. The molecule has 1 aromatic rings. The molecule has 12 nitrogen and oxygen atoms in total. The Morgan fingerprint density at radius 1 is 1.42 bits per heavy atom. The molecule has 3 rings (SSSR count). The number of aromatic nitrogens is 1. The summed E-state index contributed by atoms with van der Waals surface area (Å²) in [7, 11) is 0. The number of β-lactam (4-membered cyclic amide) rings is 1. The standard InChI is InChI=1S/C13H13N5O7S/c19-8(6-4-26-11(15-6)17-12(22)23)10(21)16-7-5(14-9(7)20)3-18-1-2-25-13(18)24/h4-5,7H,1-3H2,(H,14,20)(H,15,17)(H,16,21)(H,22,23)/t5-,7+/m1/s1. The van der Waals surface area contributed by atoms with E-state index in [2.05, 4.69) is 15.6 Å². The van der Waals surface area contributed by atoms with Crippen LogP contribution in [0, 0.1) is 0 Å².